The average Bonchev–Trinajstić information content (AvgIpc) is 3.91. The molecule has 0 aliphatic carbocycles. The van der Waals surface area contributed by atoms with E-state index >= 15 is 0 Å². The molecule has 14 N–H and O–H groups in total. The van der Waals surface area contributed by atoms with E-state index in [1.165, 1.54) is 18.7 Å². The molecular weight excluding hydrogens is 807 g/mol. The Bertz CT molecular complexity index is 2010. The van der Waals surface area contributed by atoms with Crippen molar-refractivity contribution in [2.45, 2.75) is 113 Å². The van der Waals surface area contributed by atoms with Crippen molar-refractivity contribution in [1.82, 2.24) is 36.5 Å². The van der Waals surface area contributed by atoms with Gasteiger partial charge in [-0.05, 0) is 69.7 Å². The average molecular weight is 866 g/mol. The monoisotopic (exact) mass is 865 g/mol. The third-order valence-electron chi connectivity index (χ3n) is 10.7. The largest absolute Gasteiger partial charge is 0.480 e. The number of unbranched alkanes of at least 4 members (excludes halogenated alkanes) is 1. The maximum Gasteiger partial charge on any atom is 0.326 e. The number of likely N-dealkylation sites (tertiary alicyclic amines) is 1. The summed E-state index contributed by atoms with van der Waals surface area (Å²) >= 11 is 0. The summed E-state index contributed by atoms with van der Waals surface area (Å²) in [6.07, 6.45) is 0.00243. The summed E-state index contributed by atoms with van der Waals surface area (Å²) in [7, 11) is 0. The number of aliphatic hydroxyl groups is 3. The van der Waals surface area contributed by atoms with Crippen LogP contribution in [0, 0.1) is 0 Å². The Morgan fingerprint density at radius 3 is 1.97 bits per heavy atom. The van der Waals surface area contributed by atoms with Crippen LogP contribution in [0.3, 0.4) is 0 Å². The molecule has 4 rings (SSSR count). The number of carboxylic acid groups (broad SMARTS) is 1. The summed E-state index contributed by atoms with van der Waals surface area (Å²) in [6.45, 7) is 2.33. The molecule has 1 fully saturated rings. The molecule has 0 bridgehead atoms. The van der Waals surface area contributed by atoms with Crippen LogP contribution >= 0.6 is 0 Å². The number of para-hydroxylation sites is 1. The van der Waals surface area contributed by atoms with Crippen LogP contribution in [0.2, 0.25) is 0 Å². The Balaban J connectivity index is 1.57. The van der Waals surface area contributed by atoms with Gasteiger partial charge in [0, 0.05) is 36.5 Å². The lowest BCUT2D eigenvalue weighted by Crippen LogP contribution is -2.63. The number of hydrogen-bond donors (Lipinski definition) is 12. The number of nitrogens with two attached hydrogens (primary N) is 2. The van der Waals surface area contributed by atoms with Gasteiger partial charge in [-0.1, -0.05) is 48.5 Å². The lowest BCUT2D eigenvalue weighted by Gasteiger charge is -2.30. The predicted octanol–water partition coefficient (Wildman–Crippen LogP) is -2.34. The summed E-state index contributed by atoms with van der Waals surface area (Å²) < 4.78 is 0. The number of carboxylic acids is 1. The Morgan fingerprint density at radius 1 is 0.774 bits per heavy atom. The number of nitrogens with zero attached hydrogens (tertiary/aromatic N) is 1. The highest BCUT2D eigenvalue weighted by atomic mass is 16.4. The number of aliphatic hydroxyl groups excluding tert-OH is 3. The van der Waals surface area contributed by atoms with Crippen molar-refractivity contribution in [2.24, 2.45) is 11.5 Å². The number of carbonyl (C=O) groups excluding carboxylic acids is 6. The minimum atomic E-state index is -1.71. The number of H-pyrrole nitrogens is 1. The highest BCUT2D eigenvalue weighted by molar-refractivity contribution is 5.98. The van der Waals surface area contributed by atoms with Crippen molar-refractivity contribution < 1.29 is 54.0 Å². The molecule has 20 heteroatoms. The molecule has 338 valence electrons. The van der Waals surface area contributed by atoms with Gasteiger partial charge in [0.25, 0.3) is 0 Å². The zero-order valence-electron chi connectivity index (χ0n) is 34.8. The molecule has 0 saturated carbocycles. The summed E-state index contributed by atoms with van der Waals surface area (Å²) in [5.41, 5.74) is 13.2. The van der Waals surface area contributed by atoms with Gasteiger partial charge in [0.2, 0.25) is 35.4 Å². The van der Waals surface area contributed by atoms with Gasteiger partial charge >= 0.3 is 5.97 Å². The van der Waals surface area contributed by atoms with Gasteiger partial charge in [-0.15, -0.1) is 0 Å². The zero-order valence-corrected chi connectivity index (χ0v) is 34.8. The first-order valence-corrected chi connectivity index (χ1v) is 20.6. The third kappa shape index (κ3) is 13.3. The smallest absolute Gasteiger partial charge is 0.326 e. The van der Waals surface area contributed by atoms with Crippen LogP contribution in [-0.2, 0) is 46.4 Å². The molecule has 62 heavy (non-hydrogen) atoms. The summed E-state index contributed by atoms with van der Waals surface area (Å²) in [6, 6.07) is 5.90. The van der Waals surface area contributed by atoms with Gasteiger partial charge in [-0.3, -0.25) is 28.8 Å². The molecule has 3 aromatic rings. The standard InChI is InChI=1S/C42H59N9O11/c1-23(53)34(39(58)48-32(20-26-21-45-29-14-7-6-13-27(26)29)36(55)46-30(42(61)62)15-8-9-17-43)49-37(56)31(19-25-11-4-3-5-12-25)47-40(59)35(24(2)54)50-38(57)33-16-10-18-51(33)41(60)28(44)22-52/h3-7,11-14,21,23-24,28,30-35,45,52-54H,8-10,15-20,22,43-44H2,1-2H3,(H,46,55)(H,47,59)(H,48,58)(H,49,56)(H,50,57)(H,61,62)/t23-,24-,28+,30+,31+,32+,33+,34+,35+/m1/s1. The van der Waals surface area contributed by atoms with Crippen molar-refractivity contribution in [3.05, 3.63) is 71.9 Å². The second-order valence-corrected chi connectivity index (χ2v) is 15.5. The SMILES string of the molecule is C[C@@H](O)[C@H](NC(=O)[C@H](Cc1ccccc1)NC(=O)[C@@H](NC(=O)[C@@H]1CCCN1C(=O)[C@@H](N)CO)[C@@H](C)O)C(=O)N[C@@H](Cc1c[nH]c2ccccc12)C(=O)N[C@@H](CCCCN)C(=O)O. The fraction of sp³-hybridized carbons (Fsp3) is 0.500. The normalized spacial score (nSPS) is 17.7. The number of aromatic amines is 1. The van der Waals surface area contributed by atoms with Gasteiger partial charge in [0.1, 0.15) is 42.3 Å². The number of nitrogens with one attached hydrogen (secondary N) is 6. The van der Waals surface area contributed by atoms with Crippen molar-refractivity contribution in [2.75, 3.05) is 19.7 Å². The van der Waals surface area contributed by atoms with Gasteiger partial charge in [0.15, 0.2) is 0 Å². The van der Waals surface area contributed by atoms with Gasteiger partial charge in [-0.25, -0.2) is 4.79 Å². The van der Waals surface area contributed by atoms with E-state index in [-0.39, 0.29) is 32.2 Å². The third-order valence-corrected chi connectivity index (χ3v) is 10.7. The Morgan fingerprint density at radius 2 is 1.35 bits per heavy atom. The highest BCUT2D eigenvalue weighted by Crippen LogP contribution is 2.21. The van der Waals surface area contributed by atoms with Crippen LogP contribution in [0.25, 0.3) is 10.9 Å². The molecule has 1 aliphatic rings. The molecule has 0 unspecified atom stereocenters. The predicted molar refractivity (Wildman–Crippen MR) is 226 cm³/mol. The molecule has 2 aromatic carbocycles. The van der Waals surface area contributed by atoms with Crippen molar-refractivity contribution in [1.29, 1.82) is 0 Å². The second-order valence-electron chi connectivity index (χ2n) is 15.5. The minimum absolute atomic E-state index is 0.0739. The first-order chi connectivity index (χ1) is 29.6. The van der Waals surface area contributed by atoms with E-state index in [0.29, 0.717) is 36.9 Å². The molecule has 20 nitrogen and oxygen atoms in total. The van der Waals surface area contributed by atoms with Gasteiger partial charge < -0.3 is 68.4 Å². The fourth-order valence-corrected chi connectivity index (χ4v) is 7.24. The quantitative estimate of drug-likeness (QED) is 0.0446. The number of amides is 6. The number of rotatable bonds is 23. The Hall–Kier alpha value is -5.93. The van der Waals surface area contributed by atoms with Crippen molar-refractivity contribution in [3.63, 3.8) is 0 Å². The number of hydrogen-bond acceptors (Lipinski definition) is 12. The van der Waals surface area contributed by atoms with E-state index in [4.69, 9.17) is 11.5 Å². The first-order valence-electron chi connectivity index (χ1n) is 20.6. The van der Waals surface area contributed by atoms with E-state index in [1.807, 2.05) is 12.1 Å². The molecular formula is C42H59N9O11. The number of aromatic nitrogens is 1. The maximum absolute atomic E-state index is 14.1. The Kier molecular flexibility index (Phi) is 18.3. The lowest BCUT2D eigenvalue weighted by atomic mass is 10.0. The van der Waals surface area contributed by atoms with Crippen LogP contribution < -0.4 is 38.1 Å². The van der Waals surface area contributed by atoms with E-state index in [9.17, 15) is 54.0 Å². The number of aliphatic carboxylic acids is 1. The number of carbonyl (C=O) groups is 7. The van der Waals surface area contributed by atoms with Crippen LogP contribution in [-0.4, -0.2) is 146 Å². The topological polar surface area (TPSA) is 332 Å². The summed E-state index contributed by atoms with van der Waals surface area (Å²) in [4.78, 5) is 98.3. The van der Waals surface area contributed by atoms with Crippen LogP contribution in [0.5, 0.6) is 0 Å². The first kappa shape index (κ1) is 48.7. The molecule has 1 saturated heterocycles. The summed E-state index contributed by atoms with van der Waals surface area (Å²) in [5, 5.41) is 54.1. The van der Waals surface area contributed by atoms with E-state index < -0.39 is 103 Å². The van der Waals surface area contributed by atoms with Crippen LogP contribution in [0.4, 0.5) is 0 Å². The number of benzene rings is 2. The molecule has 1 aliphatic heterocycles. The second kappa shape index (κ2) is 23.3. The van der Waals surface area contributed by atoms with Crippen LogP contribution in [0.1, 0.15) is 57.1 Å². The molecule has 6 amide bonds. The summed E-state index contributed by atoms with van der Waals surface area (Å²) in [5.74, 6) is -6.49. The molecule has 0 spiro atoms. The lowest BCUT2D eigenvalue weighted by molar-refractivity contribution is -0.142. The van der Waals surface area contributed by atoms with Gasteiger partial charge in [-0.2, -0.15) is 0 Å². The Labute approximate surface area is 358 Å². The fourth-order valence-electron chi connectivity index (χ4n) is 7.24. The van der Waals surface area contributed by atoms with Crippen LogP contribution in [0.15, 0.2) is 60.8 Å². The highest BCUT2D eigenvalue weighted by Gasteiger charge is 2.40. The van der Waals surface area contributed by atoms with E-state index in [2.05, 4.69) is 31.6 Å². The van der Waals surface area contributed by atoms with Crippen molar-refractivity contribution in [3.8, 4) is 0 Å². The zero-order chi connectivity index (χ0) is 45.5. The molecule has 2 heterocycles. The minimum Gasteiger partial charge on any atom is -0.480 e. The molecule has 9 atom stereocenters. The van der Waals surface area contributed by atoms with Crippen molar-refractivity contribution >= 4 is 52.3 Å². The van der Waals surface area contributed by atoms with E-state index in [1.54, 1.807) is 48.7 Å². The van der Waals surface area contributed by atoms with E-state index in [0.717, 1.165) is 10.9 Å². The maximum atomic E-state index is 14.1. The number of fused-ring (bicyclic) bond motifs is 1. The van der Waals surface area contributed by atoms with Gasteiger partial charge in [0.05, 0.1) is 18.8 Å². The molecule has 1 aromatic heterocycles. The molecule has 0 radical (unpaired) electrons.